The first kappa shape index (κ1) is 21.8. The van der Waals surface area contributed by atoms with Crippen LogP contribution in [0, 0.1) is 5.82 Å². The molecule has 3 aromatic rings. The fourth-order valence-electron chi connectivity index (χ4n) is 3.65. The minimum atomic E-state index is -4.50. The van der Waals surface area contributed by atoms with Crippen LogP contribution < -0.4 is 4.90 Å². The van der Waals surface area contributed by atoms with E-state index in [0.717, 1.165) is 17.7 Å². The van der Waals surface area contributed by atoms with Gasteiger partial charge in [0.2, 0.25) is 0 Å². The maximum absolute atomic E-state index is 13.9. The minimum absolute atomic E-state index is 0.0267. The van der Waals surface area contributed by atoms with E-state index in [1.54, 1.807) is 6.07 Å². The molecule has 1 aliphatic heterocycles. The van der Waals surface area contributed by atoms with Crippen LogP contribution in [0.4, 0.5) is 28.0 Å². The Morgan fingerprint density at radius 3 is 2.31 bits per heavy atom. The summed E-state index contributed by atoms with van der Waals surface area (Å²) in [7, 11) is 0. The van der Waals surface area contributed by atoms with Crippen LogP contribution in [-0.2, 0) is 22.3 Å². The lowest BCUT2D eigenvalue weighted by Crippen LogP contribution is -2.31. The summed E-state index contributed by atoms with van der Waals surface area (Å²) in [5.41, 5.74) is 0.754. The average Bonchev–Trinajstić information content (AvgIpc) is 3.10. The molecule has 32 heavy (non-hydrogen) atoms. The molecule has 3 aromatic carbocycles. The van der Waals surface area contributed by atoms with E-state index in [-0.39, 0.29) is 18.9 Å². The normalized spacial score (nSPS) is 18.6. The largest absolute Gasteiger partial charge is 0.441 e. The molecule has 1 heterocycles. The Bertz CT molecular complexity index is 1070. The lowest BCUT2D eigenvalue weighted by Gasteiger charge is -2.25. The SMILES string of the molecule is O=C1O[C@@H](COCc2ccccc2)[C@H](c2cccc(F)c2)N1c1ccc(C(F)(F)F)cc1. The lowest BCUT2D eigenvalue weighted by molar-refractivity contribution is -0.137. The molecule has 0 radical (unpaired) electrons. The van der Waals surface area contributed by atoms with Gasteiger partial charge in [-0.1, -0.05) is 42.5 Å². The number of cyclic esters (lactones) is 1. The van der Waals surface area contributed by atoms with E-state index in [2.05, 4.69) is 0 Å². The van der Waals surface area contributed by atoms with E-state index in [0.29, 0.717) is 5.56 Å². The van der Waals surface area contributed by atoms with Gasteiger partial charge in [0.1, 0.15) is 11.9 Å². The number of anilines is 1. The van der Waals surface area contributed by atoms with Crippen molar-refractivity contribution in [2.45, 2.75) is 24.9 Å². The highest BCUT2D eigenvalue weighted by Crippen LogP contribution is 2.39. The Hall–Kier alpha value is -3.39. The number of rotatable bonds is 6. The minimum Gasteiger partial charge on any atom is -0.441 e. The van der Waals surface area contributed by atoms with Crippen LogP contribution >= 0.6 is 0 Å². The van der Waals surface area contributed by atoms with Crippen LogP contribution in [0.1, 0.15) is 22.7 Å². The molecule has 1 saturated heterocycles. The smallest absolute Gasteiger partial charge is 0.416 e. The number of nitrogens with zero attached hydrogens (tertiary/aromatic N) is 1. The van der Waals surface area contributed by atoms with Crippen molar-refractivity contribution in [3.63, 3.8) is 0 Å². The molecule has 0 saturated carbocycles. The first-order valence-corrected chi connectivity index (χ1v) is 9.87. The van der Waals surface area contributed by atoms with Gasteiger partial charge < -0.3 is 9.47 Å². The summed E-state index contributed by atoms with van der Waals surface area (Å²) in [6, 6.07) is 18.5. The number of hydrogen-bond donors (Lipinski definition) is 0. The van der Waals surface area contributed by atoms with Gasteiger partial charge in [-0.05, 0) is 47.5 Å². The highest BCUT2D eigenvalue weighted by molar-refractivity contribution is 5.91. The Balaban J connectivity index is 1.60. The Kier molecular flexibility index (Phi) is 6.14. The van der Waals surface area contributed by atoms with E-state index in [1.807, 2.05) is 30.3 Å². The molecule has 166 valence electrons. The summed E-state index contributed by atoms with van der Waals surface area (Å²) in [5.74, 6) is -0.502. The van der Waals surface area contributed by atoms with Crippen molar-refractivity contribution >= 4 is 11.8 Å². The number of halogens is 4. The number of alkyl halides is 3. The molecular formula is C24H19F4NO3. The van der Waals surface area contributed by atoms with Gasteiger partial charge in [0.15, 0.2) is 6.10 Å². The van der Waals surface area contributed by atoms with Crippen molar-refractivity contribution in [2.75, 3.05) is 11.5 Å². The highest BCUT2D eigenvalue weighted by Gasteiger charge is 2.44. The summed E-state index contributed by atoms with van der Waals surface area (Å²) in [4.78, 5) is 13.9. The van der Waals surface area contributed by atoms with Gasteiger partial charge in [0.05, 0.1) is 18.8 Å². The number of ether oxygens (including phenoxy) is 2. The van der Waals surface area contributed by atoms with Gasteiger partial charge in [-0.25, -0.2) is 9.18 Å². The molecule has 0 aliphatic carbocycles. The van der Waals surface area contributed by atoms with E-state index in [1.165, 1.54) is 35.2 Å². The molecule has 4 nitrogen and oxygen atoms in total. The summed E-state index contributed by atoms with van der Waals surface area (Å²) >= 11 is 0. The fraction of sp³-hybridized carbons (Fsp3) is 0.208. The van der Waals surface area contributed by atoms with Gasteiger partial charge in [-0.2, -0.15) is 13.2 Å². The summed E-state index contributed by atoms with van der Waals surface area (Å²) in [6.45, 7) is 0.310. The molecule has 1 aliphatic rings. The quantitative estimate of drug-likeness (QED) is 0.429. The summed E-state index contributed by atoms with van der Waals surface area (Å²) < 4.78 is 64.0. The molecule has 0 N–H and O–H groups in total. The predicted molar refractivity (Wildman–Crippen MR) is 109 cm³/mol. The first-order chi connectivity index (χ1) is 15.3. The van der Waals surface area contributed by atoms with Crippen LogP contribution in [-0.4, -0.2) is 18.8 Å². The van der Waals surface area contributed by atoms with Gasteiger partial charge in [0, 0.05) is 5.69 Å². The number of hydrogen-bond acceptors (Lipinski definition) is 3. The number of benzene rings is 3. The Morgan fingerprint density at radius 1 is 0.938 bits per heavy atom. The van der Waals surface area contributed by atoms with Crippen LogP contribution in [0.15, 0.2) is 78.9 Å². The van der Waals surface area contributed by atoms with E-state index < -0.39 is 35.8 Å². The number of carbonyl (C=O) groups is 1. The standard InChI is InChI=1S/C24H19F4NO3/c25-19-8-4-7-17(13-19)22-21(15-31-14-16-5-2-1-3-6-16)32-23(30)29(22)20-11-9-18(10-12-20)24(26,27)28/h1-13,21-22H,14-15H2/t21-,22-/m0/s1. The molecule has 0 spiro atoms. The first-order valence-electron chi connectivity index (χ1n) is 9.87. The van der Waals surface area contributed by atoms with Crippen molar-refractivity contribution in [3.05, 3.63) is 101 Å². The summed E-state index contributed by atoms with van der Waals surface area (Å²) in [6.07, 6.45) is -6.03. The lowest BCUT2D eigenvalue weighted by atomic mass is 10.00. The number of carbonyl (C=O) groups excluding carboxylic acids is 1. The van der Waals surface area contributed by atoms with Gasteiger partial charge >= 0.3 is 12.3 Å². The van der Waals surface area contributed by atoms with Crippen LogP contribution in [0.25, 0.3) is 0 Å². The van der Waals surface area contributed by atoms with Crippen LogP contribution in [0.3, 0.4) is 0 Å². The molecule has 1 fully saturated rings. The molecule has 1 amide bonds. The van der Waals surface area contributed by atoms with E-state index in [4.69, 9.17) is 9.47 Å². The number of amides is 1. The zero-order chi connectivity index (χ0) is 22.7. The van der Waals surface area contributed by atoms with Crippen molar-refractivity contribution in [1.82, 2.24) is 0 Å². The van der Waals surface area contributed by atoms with Crippen molar-refractivity contribution < 1.29 is 31.8 Å². The zero-order valence-corrected chi connectivity index (χ0v) is 16.8. The molecule has 0 bridgehead atoms. The average molecular weight is 445 g/mol. The van der Waals surface area contributed by atoms with Gasteiger partial charge in [-0.3, -0.25) is 4.90 Å². The van der Waals surface area contributed by atoms with Crippen molar-refractivity contribution in [2.24, 2.45) is 0 Å². The monoisotopic (exact) mass is 445 g/mol. The van der Waals surface area contributed by atoms with E-state index in [9.17, 15) is 22.4 Å². The van der Waals surface area contributed by atoms with Crippen LogP contribution in [0.5, 0.6) is 0 Å². The molecular weight excluding hydrogens is 426 g/mol. The molecule has 0 unspecified atom stereocenters. The second-order valence-corrected chi connectivity index (χ2v) is 7.34. The Labute approximate surface area is 182 Å². The second-order valence-electron chi connectivity index (χ2n) is 7.34. The molecule has 0 aromatic heterocycles. The van der Waals surface area contributed by atoms with E-state index >= 15 is 0 Å². The topological polar surface area (TPSA) is 38.8 Å². The highest BCUT2D eigenvalue weighted by atomic mass is 19.4. The predicted octanol–water partition coefficient (Wildman–Crippen LogP) is 6.13. The van der Waals surface area contributed by atoms with Crippen molar-refractivity contribution in [1.29, 1.82) is 0 Å². The third kappa shape index (κ3) is 4.75. The maximum Gasteiger partial charge on any atom is 0.416 e. The zero-order valence-electron chi connectivity index (χ0n) is 16.8. The molecule has 8 heteroatoms. The third-order valence-corrected chi connectivity index (χ3v) is 5.14. The molecule has 2 atom stereocenters. The van der Waals surface area contributed by atoms with Gasteiger partial charge in [0.25, 0.3) is 0 Å². The van der Waals surface area contributed by atoms with Gasteiger partial charge in [-0.15, -0.1) is 0 Å². The third-order valence-electron chi connectivity index (χ3n) is 5.14. The summed E-state index contributed by atoms with van der Waals surface area (Å²) in [5, 5.41) is 0. The Morgan fingerprint density at radius 2 is 1.66 bits per heavy atom. The second kappa shape index (κ2) is 9.00. The fourth-order valence-corrected chi connectivity index (χ4v) is 3.65. The van der Waals surface area contributed by atoms with Crippen molar-refractivity contribution in [3.8, 4) is 0 Å². The maximum atomic E-state index is 13.9. The molecule has 4 rings (SSSR count). The van der Waals surface area contributed by atoms with Crippen LogP contribution in [0.2, 0.25) is 0 Å².